The number of nitrogens with zero attached hydrogens (tertiary/aromatic N) is 1. The highest BCUT2D eigenvalue weighted by atomic mass is 19.4. The summed E-state index contributed by atoms with van der Waals surface area (Å²) in [7, 11) is 0. The third kappa shape index (κ3) is 4.07. The van der Waals surface area contributed by atoms with Crippen LogP contribution < -0.4 is 5.32 Å². The molecule has 1 heterocycles. The number of aliphatic hydroxyl groups excluding tert-OH is 1. The fourth-order valence-corrected chi connectivity index (χ4v) is 2.09. The molecule has 0 spiro atoms. The Morgan fingerprint density at radius 3 is 2.47 bits per heavy atom. The second kappa shape index (κ2) is 5.66. The molecule has 0 aromatic heterocycles. The van der Waals surface area contributed by atoms with Gasteiger partial charge in [0.25, 0.3) is 0 Å². The molecular weight excluding hydrogens is 261 g/mol. The summed E-state index contributed by atoms with van der Waals surface area (Å²) in [5.74, 6) is -0.0483. The molecule has 7 heteroatoms. The molecule has 4 nitrogen and oxygen atoms in total. The van der Waals surface area contributed by atoms with Crippen molar-refractivity contribution >= 4 is 5.91 Å². The molecule has 19 heavy (non-hydrogen) atoms. The number of nitrogens with one attached hydrogen (secondary N) is 1. The van der Waals surface area contributed by atoms with Crippen LogP contribution in [0.25, 0.3) is 0 Å². The smallest absolute Gasteiger partial charge is 0.394 e. The van der Waals surface area contributed by atoms with Gasteiger partial charge in [-0.3, -0.25) is 10.1 Å². The summed E-state index contributed by atoms with van der Waals surface area (Å²) in [4.78, 5) is 13.4. The van der Waals surface area contributed by atoms with Crippen LogP contribution in [0.1, 0.15) is 20.8 Å². The van der Waals surface area contributed by atoms with E-state index >= 15 is 0 Å². The molecule has 112 valence electrons. The second-order valence-corrected chi connectivity index (χ2v) is 5.82. The van der Waals surface area contributed by atoms with Gasteiger partial charge in [-0.2, -0.15) is 13.2 Å². The normalized spacial score (nSPS) is 24.6. The third-order valence-electron chi connectivity index (χ3n) is 3.86. The number of likely N-dealkylation sites (tertiary alicyclic amines) is 1. The summed E-state index contributed by atoms with van der Waals surface area (Å²) in [5.41, 5.74) is -0.0178. The summed E-state index contributed by atoms with van der Waals surface area (Å²) in [5, 5.41) is 10.7. The van der Waals surface area contributed by atoms with Gasteiger partial charge in [-0.15, -0.1) is 0 Å². The minimum Gasteiger partial charge on any atom is -0.394 e. The molecule has 0 aromatic rings. The Labute approximate surface area is 111 Å². The van der Waals surface area contributed by atoms with E-state index in [0.717, 1.165) is 0 Å². The molecule has 0 bridgehead atoms. The van der Waals surface area contributed by atoms with Crippen LogP contribution in [-0.4, -0.2) is 54.4 Å². The lowest BCUT2D eigenvalue weighted by Gasteiger charge is -2.23. The molecule has 1 aliphatic rings. The molecule has 1 saturated heterocycles. The highest BCUT2D eigenvalue weighted by Crippen LogP contribution is 2.34. The molecule has 1 fully saturated rings. The van der Waals surface area contributed by atoms with Crippen molar-refractivity contribution in [3.8, 4) is 0 Å². The molecule has 1 rings (SSSR count). The van der Waals surface area contributed by atoms with Gasteiger partial charge in [-0.05, 0) is 11.3 Å². The highest BCUT2D eigenvalue weighted by molar-refractivity contribution is 5.78. The number of amides is 1. The van der Waals surface area contributed by atoms with E-state index in [-0.39, 0.29) is 11.3 Å². The SMILES string of the molecule is CC1CN(C(=O)CNC(CO)C(F)(F)F)CC1(C)C. The number of hydrogen-bond donors (Lipinski definition) is 2. The van der Waals surface area contributed by atoms with Gasteiger partial charge in [0.2, 0.25) is 5.91 Å². The average molecular weight is 282 g/mol. The summed E-state index contributed by atoms with van der Waals surface area (Å²) in [6, 6.07) is -2.05. The first-order chi connectivity index (χ1) is 8.58. The van der Waals surface area contributed by atoms with E-state index in [1.165, 1.54) is 0 Å². The third-order valence-corrected chi connectivity index (χ3v) is 3.86. The maximum Gasteiger partial charge on any atom is 0.406 e. The topological polar surface area (TPSA) is 52.6 Å². The van der Waals surface area contributed by atoms with Gasteiger partial charge in [0.1, 0.15) is 6.04 Å². The van der Waals surface area contributed by atoms with Crippen molar-refractivity contribution < 1.29 is 23.1 Å². The Bertz CT molecular complexity index is 331. The lowest BCUT2D eigenvalue weighted by Crippen LogP contribution is -2.49. The van der Waals surface area contributed by atoms with Gasteiger partial charge in [0.15, 0.2) is 0 Å². The quantitative estimate of drug-likeness (QED) is 0.809. The summed E-state index contributed by atoms with van der Waals surface area (Å²) in [6.07, 6.45) is -4.55. The average Bonchev–Trinajstić information content (AvgIpc) is 2.52. The van der Waals surface area contributed by atoms with Gasteiger partial charge < -0.3 is 10.0 Å². The maximum absolute atomic E-state index is 12.4. The van der Waals surface area contributed by atoms with Crippen LogP contribution in [0, 0.1) is 11.3 Å². The molecular formula is C12H21F3N2O2. The van der Waals surface area contributed by atoms with E-state index in [0.29, 0.717) is 19.0 Å². The Balaban J connectivity index is 2.49. The van der Waals surface area contributed by atoms with E-state index in [4.69, 9.17) is 5.11 Å². The van der Waals surface area contributed by atoms with Gasteiger partial charge >= 0.3 is 6.18 Å². The highest BCUT2D eigenvalue weighted by Gasteiger charge is 2.41. The fraction of sp³-hybridized carbons (Fsp3) is 0.917. The predicted octanol–water partition coefficient (Wildman–Crippen LogP) is 1.00. The first-order valence-electron chi connectivity index (χ1n) is 6.26. The van der Waals surface area contributed by atoms with Gasteiger partial charge in [0, 0.05) is 13.1 Å². The Hall–Kier alpha value is -0.820. The van der Waals surface area contributed by atoms with E-state index < -0.39 is 25.4 Å². The monoisotopic (exact) mass is 282 g/mol. The zero-order valence-electron chi connectivity index (χ0n) is 11.4. The van der Waals surface area contributed by atoms with Gasteiger partial charge in [-0.25, -0.2) is 0 Å². The molecule has 0 radical (unpaired) electrons. The van der Waals surface area contributed by atoms with Crippen molar-refractivity contribution in [2.24, 2.45) is 11.3 Å². The van der Waals surface area contributed by atoms with E-state index in [1.54, 1.807) is 4.90 Å². The lowest BCUT2D eigenvalue weighted by atomic mass is 9.84. The van der Waals surface area contributed by atoms with Crippen LogP contribution in [0.4, 0.5) is 13.2 Å². The van der Waals surface area contributed by atoms with Gasteiger partial charge in [-0.1, -0.05) is 20.8 Å². The predicted molar refractivity (Wildman–Crippen MR) is 64.5 cm³/mol. The molecule has 1 aliphatic heterocycles. The molecule has 0 aromatic carbocycles. The minimum absolute atomic E-state index is 0.0178. The van der Waals surface area contributed by atoms with E-state index in [2.05, 4.69) is 5.32 Å². The van der Waals surface area contributed by atoms with Crippen LogP contribution >= 0.6 is 0 Å². The zero-order chi connectivity index (χ0) is 14.8. The van der Waals surface area contributed by atoms with Crippen molar-refractivity contribution in [2.75, 3.05) is 26.2 Å². The number of carbonyl (C=O) groups excluding carboxylic acids is 1. The van der Waals surface area contributed by atoms with E-state index in [1.807, 2.05) is 20.8 Å². The molecule has 2 N–H and O–H groups in total. The Kier molecular flexibility index (Phi) is 4.84. The zero-order valence-corrected chi connectivity index (χ0v) is 11.4. The largest absolute Gasteiger partial charge is 0.406 e. The minimum atomic E-state index is -4.55. The van der Waals surface area contributed by atoms with Crippen molar-refractivity contribution in [1.82, 2.24) is 10.2 Å². The summed E-state index contributed by atoms with van der Waals surface area (Å²) < 4.78 is 37.2. The van der Waals surface area contributed by atoms with Gasteiger partial charge in [0.05, 0.1) is 13.2 Å². The van der Waals surface area contributed by atoms with Crippen molar-refractivity contribution in [3.05, 3.63) is 0 Å². The number of hydrogen-bond acceptors (Lipinski definition) is 3. The van der Waals surface area contributed by atoms with Crippen molar-refractivity contribution in [2.45, 2.75) is 33.0 Å². The Morgan fingerprint density at radius 2 is 2.11 bits per heavy atom. The standard InChI is InChI=1S/C12H21F3N2O2/c1-8-5-17(7-11(8,2)3)10(19)4-16-9(6-18)12(13,14)15/h8-9,16,18H,4-7H2,1-3H3. The van der Waals surface area contributed by atoms with E-state index in [9.17, 15) is 18.0 Å². The molecule has 1 amide bonds. The lowest BCUT2D eigenvalue weighted by molar-refractivity contribution is -0.164. The van der Waals surface area contributed by atoms with Crippen LogP contribution in [0.15, 0.2) is 0 Å². The maximum atomic E-state index is 12.4. The number of halogens is 3. The van der Waals surface area contributed by atoms with Crippen LogP contribution in [0.2, 0.25) is 0 Å². The summed E-state index contributed by atoms with van der Waals surface area (Å²) >= 11 is 0. The number of alkyl halides is 3. The first kappa shape index (κ1) is 16.2. The Morgan fingerprint density at radius 1 is 1.53 bits per heavy atom. The molecule has 0 aliphatic carbocycles. The number of carbonyl (C=O) groups is 1. The second-order valence-electron chi connectivity index (χ2n) is 5.82. The van der Waals surface area contributed by atoms with Crippen LogP contribution in [0.3, 0.4) is 0 Å². The van der Waals surface area contributed by atoms with Crippen LogP contribution in [-0.2, 0) is 4.79 Å². The van der Waals surface area contributed by atoms with Crippen molar-refractivity contribution in [1.29, 1.82) is 0 Å². The number of aliphatic hydroxyl groups is 1. The first-order valence-corrected chi connectivity index (χ1v) is 6.26. The molecule has 2 atom stereocenters. The fourth-order valence-electron chi connectivity index (χ4n) is 2.09. The van der Waals surface area contributed by atoms with Crippen LogP contribution in [0.5, 0.6) is 0 Å². The number of rotatable bonds is 4. The van der Waals surface area contributed by atoms with Crippen molar-refractivity contribution in [3.63, 3.8) is 0 Å². The molecule has 0 saturated carbocycles. The summed E-state index contributed by atoms with van der Waals surface area (Å²) in [6.45, 7) is 5.71. The molecule has 2 unspecified atom stereocenters.